The lowest BCUT2D eigenvalue weighted by Gasteiger charge is -1.97. The highest BCUT2D eigenvalue weighted by atomic mass is 16.6. The van der Waals surface area contributed by atoms with Crippen molar-refractivity contribution in [2.75, 3.05) is 5.73 Å². The molecule has 0 aliphatic carbocycles. The van der Waals surface area contributed by atoms with Gasteiger partial charge in [-0.2, -0.15) is 9.97 Å². The molecular formula is C16H12N6O4. The van der Waals surface area contributed by atoms with Gasteiger partial charge >= 0.3 is 0 Å². The van der Waals surface area contributed by atoms with Gasteiger partial charge in [-0.05, 0) is 18.2 Å². The van der Waals surface area contributed by atoms with Crippen LogP contribution in [0.2, 0.25) is 0 Å². The van der Waals surface area contributed by atoms with Crippen LogP contribution in [0.15, 0.2) is 70.2 Å². The van der Waals surface area contributed by atoms with E-state index in [-0.39, 0.29) is 11.6 Å². The van der Waals surface area contributed by atoms with Crippen molar-refractivity contribution in [3.05, 3.63) is 71.3 Å². The van der Waals surface area contributed by atoms with E-state index in [9.17, 15) is 10.1 Å². The molecule has 0 unspecified atom stereocenters. The molecule has 0 fully saturated rings. The van der Waals surface area contributed by atoms with Gasteiger partial charge in [0, 0.05) is 11.8 Å². The molecule has 2 aromatic carbocycles. The third-order valence-corrected chi connectivity index (χ3v) is 3.24. The number of nitro groups is 1. The highest BCUT2D eigenvalue weighted by Gasteiger charge is 2.17. The van der Waals surface area contributed by atoms with E-state index in [0.717, 1.165) is 5.56 Å². The highest BCUT2D eigenvalue weighted by Crippen LogP contribution is 2.27. The summed E-state index contributed by atoms with van der Waals surface area (Å²) in [6.45, 7) is 0. The van der Waals surface area contributed by atoms with Crippen LogP contribution in [0, 0.1) is 10.1 Å². The molecule has 0 saturated carbocycles. The lowest BCUT2D eigenvalue weighted by Crippen LogP contribution is -1.91. The van der Waals surface area contributed by atoms with Gasteiger partial charge < -0.3 is 14.8 Å². The van der Waals surface area contributed by atoms with Crippen LogP contribution >= 0.6 is 0 Å². The fraction of sp³-hybridized carbons (Fsp3) is 0. The first kappa shape index (κ1) is 16.8. The predicted octanol–water partition coefficient (Wildman–Crippen LogP) is 2.96. The van der Waals surface area contributed by atoms with E-state index in [2.05, 4.69) is 20.3 Å². The van der Waals surface area contributed by atoms with Crippen molar-refractivity contribution in [1.29, 1.82) is 0 Å². The van der Waals surface area contributed by atoms with Gasteiger partial charge in [0.15, 0.2) is 12.7 Å². The normalized spacial score (nSPS) is 10.0. The Kier molecular flexibility index (Phi) is 4.94. The van der Waals surface area contributed by atoms with E-state index >= 15 is 0 Å². The Labute approximate surface area is 146 Å². The average Bonchev–Trinajstić information content (AvgIpc) is 3.37. The van der Waals surface area contributed by atoms with Gasteiger partial charge in [-0.25, -0.2) is 0 Å². The minimum Gasteiger partial charge on any atom is -0.398 e. The zero-order valence-corrected chi connectivity index (χ0v) is 13.2. The summed E-state index contributed by atoms with van der Waals surface area (Å²) >= 11 is 0. The summed E-state index contributed by atoms with van der Waals surface area (Å²) in [7, 11) is 0. The van der Waals surface area contributed by atoms with Crippen LogP contribution in [0.25, 0.3) is 22.9 Å². The number of anilines is 1. The number of hydrogen-bond acceptors (Lipinski definition) is 9. The Morgan fingerprint density at radius 2 is 1.38 bits per heavy atom. The number of rotatable bonds is 3. The number of nitrogen functional groups attached to an aromatic ring is 1. The first-order valence-corrected chi connectivity index (χ1v) is 7.29. The van der Waals surface area contributed by atoms with E-state index in [0.29, 0.717) is 17.1 Å². The second kappa shape index (κ2) is 7.66. The summed E-state index contributed by atoms with van der Waals surface area (Å²) in [6.07, 6.45) is 2.55. The van der Waals surface area contributed by atoms with Crippen LogP contribution in [-0.2, 0) is 0 Å². The van der Waals surface area contributed by atoms with E-state index < -0.39 is 4.92 Å². The molecule has 10 heteroatoms. The topological polar surface area (TPSA) is 147 Å². The molecule has 0 atom stereocenters. The molecule has 0 aliphatic rings. The molecule has 26 heavy (non-hydrogen) atoms. The van der Waals surface area contributed by atoms with Crippen molar-refractivity contribution in [2.24, 2.45) is 0 Å². The fourth-order valence-electron chi connectivity index (χ4n) is 2.09. The molecule has 0 bridgehead atoms. The zero-order chi connectivity index (χ0) is 18.4. The van der Waals surface area contributed by atoms with Gasteiger partial charge in [0.2, 0.25) is 0 Å². The lowest BCUT2D eigenvalue weighted by molar-refractivity contribution is -0.384. The Balaban J connectivity index is 0.000000152. The Morgan fingerprint density at radius 3 is 1.92 bits per heavy atom. The molecular weight excluding hydrogens is 340 g/mol. The van der Waals surface area contributed by atoms with E-state index in [1.807, 2.05) is 18.2 Å². The van der Waals surface area contributed by atoms with Crippen molar-refractivity contribution >= 4 is 11.4 Å². The summed E-state index contributed by atoms with van der Waals surface area (Å²) in [4.78, 5) is 17.8. The Bertz CT molecular complexity index is 986. The second-order valence-corrected chi connectivity index (χ2v) is 4.85. The molecule has 0 amide bonds. The van der Waals surface area contributed by atoms with Crippen LogP contribution < -0.4 is 5.73 Å². The van der Waals surface area contributed by atoms with Crippen LogP contribution in [0.3, 0.4) is 0 Å². The Hall–Kier alpha value is -4.08. The SMILES string of the molecule is Nc1ccccc1-c1ncno1.O=[N+]([O-])c1ccccc1-c1ncno1. The minimum atomic E-state index is -0.487. The molecule has 10 nitrogen and oxygen atoms in total. The number of para-hydroxylation sites is 2. The molecule has 2 N–H and O–H groups in total. The van der Waals surface area contributed by atoms with Crippen molar-refractivity contribution in [3.63, 3.8) is 0 Å². The number of nitrogens with zero attached hydrogens (tertiary/aromatic N) is 5. The molecule has 2 heterocycles. The van der Waals surface area contributed by atoms with Crippen molar-refractivity contribution in [2.45, 2.75) is 0 Å². The van der Waals surface area contributed by atoms with E-state index in [1.165, 1.54) is 18.7 Å². The molecule has 0 saturated heterocycles. The minimum absolute atomic E-state index is 0.0447. The van der Waals surface area contributed by atoms with E-state index in [4.69, 9.17) is 14.8 Å². The highest BCUT2D eigenvalue weighted by molar-refractivity contribution is 5.69. The van der Waals surface area contributed by atoms with Crippen molar-refractivity contribution < 1.29 is 14.0 Å². The summed E-state index contributed by atoms with van der Waals surface area (Å²) < 4.78 is 9.60. The van der Waals surface area contributed by atoms with Crippen LogP contribution in [0.1, 0.15) is 0 Å². The van der Waals surface area contributed by atoms with Crippen molar-refractivity contribution in [3.8, 4) is 22.9 Å². The fourth-order valence-corrected chi connectivity index (χ4v) is 2.09. The van der Waals surface area contributed by atoms with Crippen molar-refractivity contribution in [1.82, 2.24) is 20.3 Å². The smallest absolute Gasteiger partial charge is 0.282 e. The number of nitrogens with two attached hydrogens (primary N) is 1. The third kappa shape index (κ3) is 3.70. The van der Waals surface area contributed by atoms with Crippen LogP contribution in [0.4, 0.5) is 11.4 Å². The summed E-state index contributed by atoms with van der Waals surface area (Å²) in [5, 5.41) is 17.5. The van der Waals surface area contributed by atoms with Crippen LogP contribution in [0.5, 0.6) is 0 Å². The first-order valence-electron chi connectivity index (χ1n) is 7.29. The monoisotopic (exact) mass is 352 g/mol. The number of aromatic nitrogens is 4. The van der Waals surface area contributed by atoms with Gasteiger partial charge in [-0.15, -0.1) is 0 Å². The van der Waals surface area contributed by atoms with E-state index in [1.54, 1.807) is 24.3 Å². The van der Waals surface area contributed by atoms with Gasteiger partial charge in [-0.3, -0.25) is 10.1 Å². The number of nitro benzene ring substituents is 1. The molecule has 0 spiro atoms. The third-order valence-electron chi connectivity index (χ3n) is 3.24. The zero-order valence-electron chi connectivity index (χ0n) is 13.2. The summed E-state index contributed by atoms with van der Waals surface area (Å²) in [5.74, 6) is 0.602. The van der Waals surface area contributed by atoms with Gasteiger partial charge in [0.1, 0.15) is 5.56 Å². The Morgan fingerprint density at radius 1 is 0.846 bits per heavy atom. The summed E-state index contributed by atoms with van der Waals surface area (Å²) in [6, 6.07) is 13.6. The van der Waals surface area contributed by atoms with Crippen LogP contribution in [-0.4, -0.2) is 25.2 Å². The molecule has 2 aromatic heterocycles. The maximum atomic E-state index is 10.6. The van der Waals surface area contributed by atoms with Gasteiger partial charge in [0.05, 0.1) is 10.5 Å². The lowest BCUT2D eigenvalue weighted by atomic mass is 10.2. The molecule has 4 aromatic rings. The standard InChI is InChI=1S/C8H5N3O3.C8H7N3O/c12-11(13)7-4-2-1-3-6(7)8-9-5-10-14-8;9-7-4-2-1-3-6(7)8-10-5-11-12-8/h1-5H;1-5H,9H2. The largest absolute Gasteiger partial charge is 0.398 e. The molecule has 0 radical (unpaired) electrons. The summed E-state index contributed by atoms with van der Waals surface area (Å²) in [5.41, 5.74) is 7.38. The second-order valence-electron chi connectivity index (χ2n) is 4.85. The molecule has 4 rings (SSSR count). The average molecular weight is 352 g/mol. The number of hydrogen-bond donors (Lipinski definition) is 1. The van der Waals surface area contributed by atoms with Gasteiger partial charge in [0.25, 0.3) is 17.5 Å². The quantitative estimate of drug-likeness (QED) is 0.334. The maximum Gasteiger partial charge on any atom is 0.282 e. The first-order chi connectivity index (χ1) is 12.7. The van der Waals surface area contributed by atoms with Gasteiger partial charge in [-0.1, -0.05) is 34.6 Å². The predicted molar refractivity (Wildman–Crippen MR) is 90.5 cm³/mol. The number of benzene rings is 2. The molecule has 0 aliphatic heterocycles. The molecule has 130 valence electrons. The maximum absolute atomic E-state index is 10.6.